The predicted octanol–water partition coefficient (Wildman–Crippen LogP) is 0.258. The van der Waals surface area contributed by atoms with Gasteiger partial charge in [-0.2, -0.15) is 0 Å². The van der Waals surface area contributed by atoms with Crippen LogP contribution in [0.5, 0.6) is 5.75 Å². The number of likely N-dealkylation sites (N-methyl/N-ethyl adjacent to an activating group) is 1. The molecule has 0 atom stereocenters. The highest BCUT2D eigenvalue weighted by atomic mass is 16.3. The molecule has 5 nitrogen and oxygen atoms in total. The first kappa shape index (κ1) is 12.0. The van der Waals surface area contributed by atoms with E-state index in [1.54, 1.807) is 19.1 Å². The van der Waals surface area contributed by atoms with Gasteiger partial charge >= 0.3 is 0 Å². The highest BCUT2D eigenvalue weighted by Gasteiger charge is 2.10. The van der Waals surface area contributed by atoms with Crippen molar-refractivity contribution in [3.05, 3.63) is 29.8 Å². The lowest BCUT2D eigenvalue weighted by molar-refractivity contribution is -0.120. The fourth-order valence-corrected chi connectivity index (χ4v) is 1.18. The molecule has 1 aromatic carbocycles. The first-order valence-corrected chi connectivity index (χ1v) is 4.98. The maximum absolute atomic E-state index is 11.5. The van der Waals surface area contributed by atoms with Crippen molar-refractivity contribution in [3.63, 3.8) is 0 Å². The van der Waals surface area contributed by atoms with E-state index in [-0.39, 0.29) is 23.8 Å². The number of hydrogen-bond acceptors (Lipinski definition) is 3. The molecule has 0 bridgehead atoms. The number of phenolic OH excluding ortho intramolecular Hbond substituents is 1. The Bertz CT molecular complexity index is 391. The molecule has 1 aromatic rings. The third kappa shape index (κ3) is 3.27. The van der Waals surface area contributed by atoms with Crippen LogP contribution in [0.4, 0.5) is 0 Å². The zero-order valence-electron chi connectivity index (χ0n) is 8.99. The summed E-state index contributed by atoms with van der Waals surface area (Å²) in [5.74, 6) is -0.827. The highest BCUT2D eigenvalue weighted by molar-refractivity contribution is 5.98. The molecule has 1 rings (SSSR count). The van der Waals surface area contributed by atoms with E-state index in [0.717, 1.165) is 0 Å². The monoisotopic (exact) mass is 222 g/mol. The van der Waals surface area contributed by atoms with E-state index in [1.807, 2.05) is 0 Å². The molecule has 0 aliphatic heterocycles. The number of amides is 2. The average molecular weight is 222 g/mol. The van der Waals surface area contributed by atoms with Crippen molar-refractivity contribution in [2.24, 2.45) is 0 Å². The first-order chi connectivity index (χ1) is 7.65. The van der Waals surface area contributed by atoms with Gasteiger partial charge in [0.05, 0.1) is 12.1 Å². The molecule has 2 amide bonds. The first-order valence-electron chi connectivity index (χ1n) is 4.98. The van der Waals surface area contributed by atoms with Gasteiger partial charge in [0.1, 0.15) is 5.75 Å². The number of nitrogens with one attached hydrogen (secondary N) is 2. The number of para-hydroxylation sites is 1. The Hall–Kier alpha value is -2.04. The minimum atomic E-state index is -0.468. The lowest BCUT2D eigenvalue weighted by Crippen LogP contribution is -2.36. The molecule has 0 radical (unpaired) electrons. The molecular weight excluding hydrogens is 208 g/mol. The zero-order valence-corrected chi connectivity index (χ0v) is 8.99. The summed E-state index contributed by atoms with van der Waals surface area (Å²) in [4.78, 5) is 22.6. The van der Waals surface area contributed by atoms with Crippen LogP contribution >= 0.6 is 0 Å². The Morgan fingerprint density at radius 1 is 1.25 bits per heavy atom. The second kappa shape index (κ2) is 5.75. The van der Waals surface area contributed by atoms with E-state index in [2.05, 4.69) is 10.6 Å². The van der Waals surface area contributed by atoms with Crippen molar-refractivity contribution in [1.82, 2.24) is 10.6 Å². The van der Waals surface area contributed by atoms with Crippen molar-refractivity contribution in [2.75, 3.05) is 13.1 Å². The van der Waals surface area contributed by atoms with Crippen molar-refractivity contribution in [1.29, 1.82) is 0 Å². The van der Waals surface area contributed by atoms with Gasteiger partial charge in [-0.1, -0.05) is 12.1 Å². The van der Waals surface area contributed by atoms with E-state index in [1.165, 1.54) is 12.1 Å². The molecule has 0 aliphatic rings. The van der Waals surface area contributed by atoms with E-state index in [4.69, 9.17) is 0 Å². The summed E-state index contributed by atoms with van der Waals surface area (Å²) < 4.78 is 0. The predicted molar refractivity (Wildman–Crippen MR) is 59.1 cm³/mol. The minimum absolute atomic E-state index is 0.0962. The smallest absolute Gasteiger partial charge is 0.255 e. The molecule has 5 heteroatoms. The van der Waals surface area contributed by atoms with E-state index in [9.17, 15) is 14.7 Å². The molecule has 0 fully saturated rings. The normalized spacial score (nSPS) is 9.56. The molecule has 86 valence electrons. The molecule has 0 saturated carbocycles. The molecule has 16 heavy (non-hydrogen) atoms. The molecular formula is C11H14N2O3. The lowest BCUT2D eigenvalue weighted by atomic mass is 10.2. The van der Waals surface area contributed by atoms with Gasteiger partial charge in [-0.25, -0.2) is 0 Å². The SMILES string of the molecule is CCNC(=O)CNC(=O)c1ccccc1O. The second-order valence-corrected chi connectivity index (χ2v) is 3.15. The maximum Gasteiger partial charge on any atom is 0.255 e. The summed E-state index contributed by atoms with van der Waals surface area (Å²) in [7, 11) is 0. The van der Waals surface area contributed by atoms with E-state index in [0.29, 0.717) is 6.54 Å². The van der Waals surface area contributed by atoms with Gasteiger partial charge in [0.15, 0.2) is 0 Å². The van der Waals surface area contributed by atoms with Gasteiger partial charge in [-0.15, -0.1) is 0 Å². The minimum Gasteiger partial charge on any atom is -0.507 e. The van der Waals surface area contributed by atoms with Gasteiger partial charge in [0.2, 0.25) is 5.91 Å². The number of carbonyl (C=O) groups is 2. The van der Waals surface area contributed by atoms with Crippen LogP contribution in [0.25, 0.3) is 0 Å². The summed E-state index contributed by atoms with van der Waals surface area (Å²) in [6.07, 6.45) is 0. The van der Waals surface area contributed by atoms with Crippen LogP contribution in [0.15, 0.2) is 24.3 Å². The van der Waals surface area contributed by atoms with Crippen LogP contribution in [0.1, 0.15) is 17.3 Å². The van der Waals surface area contributed by atoms with Crippen LogP contribution in [0.3, 0.4) is 0 Å². The van der Waals surface area contributed by atoms with Crippen LogP contribution in [0.2, 0.25) is 0 Å². The van der Waals surface area contributed by atoms with Crippen LogP contribution in [0, 0.1) is 0 Å². The summed E-state index contributed by atoms with van der Waals surface area (Å²) >= 11 is 0. The quantitative estimate of drug-likeness (QED) is 0.683. The number of hydrogen-bond donors (Lipinski definition) is 3. The highest BCUT2D eigenvalue weighted by Crippen LogP contribution is 2.14. The molecule has 0 aliphatic carbocycles. The van der Waals surface area contributed by atoms with E-state index < -0.39 is 5.91 Å². The fraction of sp³-hybridized carbons (Fsp3) is 0.273. The summed E-state index contributed by atoms with van der Waals surface area (Å²) in [5.41, 5.74) is 0.159. The van der Waals surface area contributed by atoms with Gasteiger partial charge in [-0.3, -0.25) is 9.59 Å². The summed E-state index contributed by atoms with van der Waals surface area (Å²) in [6, 6.07) is 6.17. The van der Waals surface area contributed by atoms with Gasteiger partial charge in [0, 0.05) is 6.54 Å². The Labute approximate surface area is 93.5 Å². The van der Waals surface area contributed by atoms with Gasteiger partial charge < -0.3 is 15.7 Å². The van der Waals surface area contributed by atoms with Crippen molar-refractivity contribution in [2.45, 2.75) is 6.92 Å². The van der Waals surface area contributed by atoms with Crippen LogP contribution in [-0.2, 0) is 4.79 Å². The number of rotatable bonds is 4. The van der Waals surface area contributed by atoms with Crippen LogP contribution < -0.4 is 10.6 Å². The molecule has 0 saturated heterocycles. The van der Waals surface area contributed by atoms with Gasteiger partial charge in [0.25, 0.3) is 5.91 Å². The third-order valence-corrected chi connectivity index (χ3v) is 1.93. The second-order valence-electron chi connectivity index (χ2n) is 3.15. The summed E-state index contributed by atoms with van der Waals surface area (Å²) in [6.45, 7) is 2.22. The maximum atomic E-state index is 11.5. The molecule has 0 heterocycles. The molecule has 3 N–H and O–H groups in total. The number of aromatic hydroxyl groups is 1. The fourth-order valence-electron chi connectivity index (χ4n) is 1.18. The van der Waals surface area contributed by atoms with E-state index >= 15 is 0 Å². The molecule has 0 spiro atoms. The van der Waals surface area contributed by atoms with Crippen LogP contribution in [-0.4, -0.2) is 30.0 Å². The molecule has 0 unspecified atom stereocenters. The number of benzene rings is 1. The van der Waals surface area contributed by atoms with Crippen molar-refractivity contribution < 1.29 is 14.7 Å². The van der Waals surface area contributed by atoms with Crippen molar-refractivity contribution in [3.8, 4) is 5.75 Å². The lowest BCUT2D eigenvalue weighted by Gasteiger charge is -2.06. The largest absolute Gasteiger partial charge is 0.507 e. The summed E-state index contributed by atoms with van der Waals surface area (Å²) in [5, 5.41) is 14.4. The molecule has 0 aromatic heterocycles. The standard InChI is InChI=1S/C11H14N2O3/c1-2-12-10(15)7-13-11(16)8-5-3-4-6-9(8)14/h3-6,14H,2,7H2,1H3,(H,12,15)(H,13,16). The van der Waals surface area contributed by atoms with Crippen molar-refractivity contribution >= 4 is 11.8 Å². The average Bonchev–Trinajstić information content (AvgIpc) is 2.27. The number of carbonyl (C=O) groups excluding carboxylic acids is 2. The zero-order chi connectivity index (χ0) is 12.0. The van der Waals surface area contributed by atoms with Gasteiger partial charge in [-0.05, 0) is 19.1 Å². The Morgan fingerprint density at radius 2 is 1.94 bits per heavy atom. The third-order valence-electron chi connectivity index (χ3n) is 1.93. The Morgan fingerprint density at radius 3 is 2.56 bits per heavy atom. The topological polar surface area (TPSA) is 78.4 Å². The number of phenols is 1. The Kier molecular flexibility index (Phi) is 4.32. The Balaban J connectivity index is 2.54.